The molecule has 0 saturated carbocycles. The van der Waals surface area contributed by atoms with Gasteiger partial charge in [-0.3, -0.25) is 4.98 Å². The second-order valence-electron chi connectivity index (χ2n) is 7.54. The minimum absolute atomic E-state index is 0.0760. The van der Waals surface area contributed by atoms with E-state index in [9.17, 15) is 0 Å². The minimum Gasteiger partial charge on any atom is -0.485 e. The normalized spacial score (nSPS) is 15.7. The van der Waals surface area contributed by atoms with Crippen LogP contribution in [0.3, 0.4) is 0 Å². The van der Waals surface area contributed by atoms with E-state index < -0.39 is 0 Å². The molecule has 3 aromatic rings. The maximum absolute atomic E-state index is 6.12. The summed E-state index contributed by atoms with van der Waals surface area (Å²) in [5.74, 6) is 2.33. The third kappa shape index (κ3) is 7.54. The summed E-state index contributed by atoms with van der Waals surface area (Å²) in [4.78, 5) is 4.00. The zero-order valence-corrected chi connectivity index (χ0v) is 18.7. The van der Waals surface area contributed by atoms with Gasteiger partial charge in [-0.05, 0) is 47.5 Å². The number of methoxy groups -OCH3 is 1. The monoisotopic (exact) mass is 451 g/mol. The number of pyridine rings is 1. The first kappa shape index (κ1) is 23.2. The van der Waals surface area contributed by atoms with E-state index in [2.05, 4.69) is 4.98 Å². The van der Waals surface area contributed by atoms with Crippen LogP contribution in [0.2, 0.25) is 0 Å². The lowest BCUT2D eigenvalue weighted by molar-refractivity contribution is -0.00496. The van der Waals surface area contributed by atoms with Gasteiger partial charge < -0.3 is 28.4 Å². The molecular formula is C26H29NO6. The van der Waals surface area contributed by atoms with E-state index in [0.717, 1.165) is 28.4 Å². The molecule has 2 aromatic carbocycles. The van der Waals surface area contributed by atoms with Crippen LogP contribution in [0.15, 0.2) is 73.1 Å². The van der Waals surface area contributed by atoms with Crippen LogP contribution in [0.4, 0.5) is 0 Å². The average Bonchev–Trinajstić information content (AvgIpc) is 3.70. The lowest BCUT2D eigenvalue weighted by Crippen LogP contribution is -2.29. The van der Waals surface area contributed by atoms with Gasteiger partial charge >= 0.3 is 0 Å². The van der Waals surface area contributed by atoms with Gasteiger partial charge in [0.15, 0.2) is 6.10 Å². The van der Waals surface area contributed by atoms with Crippen molar-refractivity contribution in [3.05, 3.63) is 73.1 Å². The van der Waals surface area contributed by atoms with Crippen molar-refractivity contribution in [1.29, 1.82) is 0 Å². The van der Waals surface area contributed by atoms with Crippen molar-refractivity contribution >= 4 is 0 Å². The topological polar surface area (TPSA) is 71.6 Å². The number of hydrogen-bond acceptors (Lipinski definition) is 7. The number of benzene rings is 2. The summed E-state index contributed by atoms with van der Waals surface area (Å²) < 4.78 is 33.5. The molecule has 0 bridgehead atoms. The van der Waals surface area contributed by atoms with Gasteiger partial charge in [0.2, 0.25) is 0 Å². The Labute approximate surface area is 194 Å². The molecule has 1 saturated heterocycles. The molecule has 174 valence electrons. The van der Waals surface area contributed by atoms with E-state index in [1.54, 1.807) is 19.5 Å². The highest BCUT2D eigenvalue weighted by Gasteiger charge is 2.34. The van der Waals surface area contributed by atoms with Gasteiger partial charge in [-0.15, -0.1) is 0 Å². The van der Waals surface area contributed by atoms with Crippen LogP contribution in [0, 0.1) is 0 Å². The molecular weight excluding hydrogens is 422 g/mol. The molecule has 0 radical (unpaired) electrons. The van der Waals surface area contributed by atoms with Crippen LogP contribution >= 0.6 is 0 Å². The molecule has 7 heteroatoms. The highest BCUT2D eigenvalue weighted by molar-refractivity contribution is 5.65. The summed E-state index contributed by atoms with van der Waals surface area (Å²) in [6.45, 7) is 3.35. The Bertz CT molecular complexity index is 945. The zero-order valence-electron chi connectivity index (χ0n) is 18.7. The Morgan fingerprint density at radius 2 is 1.36 bits per heavy atom. The highest BCUT2D eigenvalue weighted by Crippen LogP contribution is 2.28. The molecule has 0 aliphatic carbocycles. The Balaban J connectivity index is 1.26. The third-order valence-corrected chi connectivity index (χ3v) is 5.07. The van der Waals surface area contributed by atoms with E-state index in [-0.39, 0.29) is 12.2 Å². The SMILES string of the molecule is COCCOCCOCC(Oc1ccc(-c2ccc(Oc3ccncc3)cc2)cc1)C1CO1. The fourth-order valence-electron chi connectivity index (χ4n) is 3.21. The fourth-order valence-corrected chi connectivity index (χ4v) is 3.21. The maximum Gasteiger partial charge on any atom is 0.150 e. The molecule has 0 N–H and O–H groups in total. The van der Waals surface area contributed by atoms with E-state index in [0.29, 0.717) is 39.6 Å². The van der Waals surface area contributed by atoms with E-state index in [1.165, 1.54) is 0 Å². The van der Waals surface area contributed by atoms with Crippen LogP contribution < -0.4 is 9.47 Å². The smallest absolute Gasteiger partial charge is 0.150 e. The second-order valence-corrected chi connectivity index (χ2v) is 7.54. The molecule has 1 fully saturated rings. The number of hydrogen-bond donors (Lipinski definition) is 0. The molecule has 7 nitrogen and oxygen atoms in total. The van der Waals surface area contributed by atoms with Crippen molar-refractivity contribution < 1.29 is 28.4 Å². The van der Waals surface area contributed by atoms with Crippen LogP contribution in [0.5, 0.6) is 17.2 Å². The van der Waals surface area contributed by atoms with Crippen molar-refractivity contribution in [3.8, 4) is 28.4 Å². The standard InChI is InChI=1S/C26H29NO6/c1-28-14-15-29-16-17-30-18-26(25-19-31-25)33-23-8-4-21(5-9-23)20-2-6-22(7-3-20)32-24-10-12-27-13-11-24/h2-13,25-26H,14-19H2,1H3. The fraction of sp³-hybridized carbons (Fsp3) is 0.346. The second kappa shape index (κ2) is 12.3. The molecule has 0 spiro atoms. The molecule has 2 atom stereocenters. The summed E-state index contributed by atoms with van der Waals surface area (Å²) in [5, 5.41) is 0. The van der Waals surface area contributed by atoms with Gasteiger partial charge in [0.25, 0.3) is 0 Å². The Morgan fingerprint density at radius 3 is 2.00 bits per heavy atom. The van der Waals surface area contributed by atoms with Gasteiger partial charge in [-0.1, -0.05) is 24.3 Å². The number of ether oxygens (including phenoxy) is 6. The van der Waals surface area contributed by atoms with Gasteiger partial charge in [-0.2, -0.15) is 0 Å². The zero-order chi connectivity index (χ0) is 22.7. The molecule has 1 aliphatic heterocycles. The van der Waals surface area contributed by atoms with Crippen LogP contribution in [-0.2, 0) is 18.9 Å². The number of aromatic nitrogens is 1. The average molecular weight is 452 g/mol. The Hall–Kier alpha value is -2.97. The molecule has 1 aromatic heterocycles. The van der Waals surface area contributed by atoms with Crippen LogP contribution in [-0.4, -0.2) is 63.9 Å². The molecule has 2 unspecified atom stereocenters. The maximum atomic E-state index is 6.12. The predicted molar refractivity (Wildman–Crippen MR) is 124 cm³/mol. The minimum atomic E-state index is -0.139. The van der Waals surface area contributed by atoms with E-state index in [1.807, 2.05) is 60.7 Å². The van der Waals surface area contributed by atoms with Gasteiger partial charge in [-0.25, -0.2) is 0 Å². The van der Waals surface area contributed by atoms with Gasteiger partial charge in [0.1, 0.15) is 23.4 Å². The van der Waals surface area contributed by atoms with E-state index >= 15 is 0 Å². The number of epoxide rings is 1. The first-order valence-electron chi connectivity index (χ1n) is 11.0. The summed E-state index contributed by atoms with van der Waals surface area (Å²) in [6, 6.07) is 19.7. The van der Waals surface area contributed by atoms with Crippen LogP contribution in [0.25, 0.3) is 11.1 Å². The third-order valence-electron chi connectivity index (χ3n) is 5.07. The lowest BCUT2D eigenvalue weighted by Gasteiger charge is -2.18. The van der Waals surface area contributed by atoms with Crippen molar-refractivity contribution in [1.82, 2.24) is 4.98 Å². The summed E-state index contributed by atoms with van der Waals surface area (Å²) in [5.41, 5.74) is 2.20. The Morgan fingerprint density at radius 1 is 0.788 bits per heavy atom. The van der Waals surface area contributed by atoms with Gasteiger partial charge in [0.05, 0.1) is 39.6 Å². The number of rotatable bonds is 14. The Kier molecular flexibility index (Phi) is 8.66. The summed E-state index contributed by atoms with van der Waals surface area (Å²) in [6.07, 6.45) is 3.35. The molecule has 4 rings (SSSR count). The summed E-state index contributed by atoms with van der Waals surface area (Å²) in [7, 11) is 1.65. The molecule has 2 heterocycles. The van der Waals surface area contributed by atoms with Gasteiger partial charge in [0, 0.05) is 19.5 Å². The van der Waals surface area contributed by atoms with Crippen molar-refractivity contribution in [2.24, 2.45) is 0 Å². The number of nitrogens with zero attached hydrogens (tertiary/aromatic N) is 1. The largest absolute Gasteiger partial charge is 0.485 e. The first-order chi connectivity index (χ1) is 16.3. The quantitative estimate of drug-likeness (QED) is 0.266. The van der Waals surface area contributed by atoms with Crippen molar-refractivity contribution in [3.63, 3.8) is 0 Å². The molecule has 0 amide bonds. The van der Waals surface area contributed by atoms with Crippen molar-refractivity contribution in [2.75, 3.05) is 46.8 Å². The molecule has 33 heavy (non-hydrogen) atoms. The van der Waals surface area contributed by atoms with E-state index in [4.69, 9.17) is 28.4 Å². The highest BCUT2D eigenvalue weighted by atomic mass is 16.6. The lowest BCUT2D eigenvalue weighted by atomic mass is 10.1. The predicted octanol–water partition coefficient (Wildman–Crippen LogP) is 4.37. The summed E-state index contributed by atoms with van der Waals surface area (Å²) >= 11 is 0. The van der Waals surface area contributed by atoms with Crippen molar-refractivity contribution in [2.45, 2.75) is 12.2 Å². The van der Waals surface area contributed by atoms with Crippen LogP contribution in [0.1, 0.15) is 0 Å². The molecule has 1 aliphatic rings. The first-order valence-corrected chi connectivity index (χ1v) is 11.0.